The van der Waals surface area contributed by atoms with E-state index in [1.807, 2.05) is 182 Å². The standard InChI is InChI=1S/C24H21N3.C21H18N6.C21H15N3/c1-16-4-10-19(11-5-16)22-25-23(20-12-6-17(2)7-13-20)27-24(26-22)21-14-8-18(3)9-15-21;1-4-10-16(11-5-1)22-19-25-20(23-17-12-6-2-7-13-17)27-21(26-19)24-18-14-8-3-9-15-18;1-4-10-16(11-5-1)19-22-20(17-12-6-2-7-13-17)24-21(23-19)18-14-8-3-9-15-18/h4-15H,1-3H3;1-15H,(H3,22,23,24,25,26,27);1-15H. The van der Waals surface area contributed by atoms with Crippen LogP contribution in [0.25, 0.3) is 68.3 Å². The van der Waals surface area contributed by atoms with Crippen molar-refractivity contribution in [1.82, 2.24) is 44.9 Å². The zero-order valence-electron chi connectivity index (χ0n) is 43.3. The fourth-order valence-corrected chi connectivity index (χ4v) is 7.89. The Hall–Kier alpha value is -10.6. The molecule has 3 heterocycles. The number of aromatic nitrogens is 9. The Bertz CT molecular complexity index is 3360. The zero-order valence-corrected chi connectivity index (χ0v) is 43.3. The molecule has 0 atom stereocenters. The molecule has 12 nitrogen and oxygen atoms in total. The molecule has 78 heavy (non-hydrogen) atoms. The van der Waals surface area contributed by atoms with Gasteiger partial charge < -0.3 is 16.0 Å². The van der Waals surface area contributed by atoms with Crippen molar-refractivity contribution < 1.29 is 0 Å². The van der Waals surface area contributed by atoms with Gasteiger partial charge in [-0.1, -0.05) is 235 Å². The minimum absolute atomic E-state index is 0.452. The highest BCUT2D eigenvalue weighted by atomic mass is 15.3. The van der Waals surface area contributed by atoms with E-state index >= 15 is 0 Å². The summed E-state index contributed by atoms with van der Waals surface area (Å²) in [5.41, 5.74) is 12.3. The molecule has 0 aliphatic rings. The number of anilines is 6. The predicted molar refractivity (Wildman–Crippen MR) is 315 cm³/mol. The number of rotatable bonds is 12. The maximum atomic E-state index is 4.75. The maximum absolute atomic E-state index is 4.75. The van der Waals surface area contributed by atoms with Crippen LogP contribution in [0.3, 0.4) is 0 Å². The minimum atomic E-state index is 0.452. The second kappa shape index (κ2) is 25.1. The molecule has 0 amide bonds. The van der Waals surface area contributed by atoms with Crippen molar-refractivity contribution in [3.05, 3.63) is 271 Å². The number of para-hydroxylation sites is 3. The lowest BCUT2D eigenvalue weighted by molar-refractivity contribution is 1.06. The van der Waals surface area contributed by atoms with E-state index in [0.717, 1.165) is 50.4 Å². The van der Waals surface area contributed by atoms with Crippen LogP contribution in [0.1, 0.15) is 16.7 Å². The number of hydrogen-bond donors (Lipinski definition) is 3. The van der Waals surface area contributed by atoms with E-state index < -0.39 is 0 Å². The average molecular weight is 1020 g/mol. The quantitative estimate of drug-likeness (QED) is 0.107. The number of hydrogen-bond acceptors (Lipinski definition) is 12. The molecule has 0 radical (unpaired) electrons. The lowest BCUT2D eigenvalue weighted by atomic mass is 10.1. The molecule has 12 aromatic rings. The highest BCUT2D eigenvalue weighted by Gasteiger charge is 2.14. The van der Waals surface area contributed by atoms with E-state index in [-0.39, 0.29) is 0 Å². The first-order valence-electron chi connectivity index (χ1n) is 25.5. The Morgan fingerprint density at radius 1 is 0.192 bits per heavy atom. The highest BCUT2D eigenvalue weighted by molar-refractivity contribution is 5.69. The molecule has 3 aromatic heterocycles. The molecular formula is C66H54N12. The van der Waals surface area contributed by atoms with Gasteiger partial charge in [-0.15, -0.1) is 0 Å². The first kappa shape index (κ1) is 50.9. The summed E-state index contributed by atoms with van der Waals surface area (Å²) in [5, 5.41) is 9.64. The van der Waals surface area contributed by atoms with Crippen molar-refractivity contribution in [3.63, 3.8) is 0 Å². The maximum Gasteiger partial charge on any atom is 0.233 e. The van der Waals surface area contributed by atoms with Gasteiger partial charge >= 0.3 is 0 Å². The van der Waals surface area contributed by atoms with Crippen LogP contribution in [0.5, 0.6) is 0 Å². The summed E-state index contributed by atoms with van der Waals surface area (Å²) in [6, 6.07) is 84.2. The van der Waals surface area contributed by atoms with Gasteiger partial charge in [0, 0.05) is 50.4 Å². The molecule has 0 saturated carbocycles. The molecule has 0 unspecified atom stereocenters. The van der Waals surface area contributed by atoms with E-state index in [1.165, 1.54) is 16.7 Å². The van der Waals surface area contributed by atoms with Gasteiger partial charge in [0.05, 0.1) is 0 Å². The third-order valence-corrected chi connectivity index (χ3v) is 12.0. The van der Waals surface area contributed by atoms with Gasteiger partial charge in [-0.2, -0.15) is 15.0 Å². The van der Waals surface area contributed by atoms with Crippen LogP contribution in [0.4, 0.5) is 34.9 Å². The molecule has 9 aromatic carbocycles. The number of nitrogens with one attached hydrogen (secondary N) is 3. The van der Waals surface area contributed by atoms with Gasteiger partial charge in [0.15, 0.2) is 34.9 Å². The summed E-state index contributed by atoms with van der Waals surface area (Å²) in [6.07, 6.45) is 0. The van der Waals surface area contributed by atoms with Crippen molar-refractivity contribution in [2.45, 2.75) is 20.8 Å². The largest absolute Gasteiger partial charge is 0.324 e. The number of benzene rings is 9. The number of nitrogens with zero attached hydrogens (tertiary/aromatic N) is 9. The van der Waals surface area contributed by atoms with Crippen LogP contribution in [0.15, 0.2) is 255 Å². The lowest BCUT2D eigenvalue weighted by Crippen LogP contribution is -2.07. The third-order valence-electron chi connectivity index (χ3n) is 12.0. The second-order valence-corrected chi connectivity index (χ2v) is 18.1. The molecule has 12 heteroatoms. The molecule has 0 spiro atoms. The minimum Gasteiger partial charge on any atom is -0.324 e. The van der Waals surface area contributed by atoms with Crippen LogP contribution in [-0.2, 0) is 0 Å². The summed E-state index contributed by atoms with van der Waals surface area (Å²) < 4.78 is 0. The number of aryl methyl sites for hydroxylation is 3. The van der Waals surface area contributed by atoms with Gasteiger partial charge in [0.1, 0.15) is 0 Å². The topological polar surface area (TPSA) is 152 Å². The average Bonchev–Trinajstić information content (AvgIpc) is 3.50. The van der Waals surface area contributed by atoms with Gasteiger partial charge in [0.2, 0.25) is 17.8 Å². The Morgan fingerprint density at radius 3 is 0.577 bits per heavy atom. The molecule has 378 valence electrons. The normalized spacial score (nSPS) is 10.5. The first-order chi connectivity index (χ1) is 38.3. The van der Waals surface area contributed by atoms with Gasteiger partial charge in [-0.3, -0.25) is 0 Å². The van der Waals surface area contributed by atoms with E-state index in [2.05, 4.69) is 139 Å². The van der Waals surface area contributed by atoms with Gasteiger partial charge in [0.25, 0.3) is 0 Å². The predicted octanol–water partition coefficient (Wildman–Crippen LogP) is 15.8. The summed E-state index contributed by atoms with van der Waals surface area (Å²) in [5.74, 6) is 5.48. The van der Waals surface area contributed by atoms with Crippen LogP contribution in [0.2, 0.25) is 0 Å². The summed E-state index contributed by atoms with van der Waals surface area (Å²) in [7, 11) is 0. The van der Waals surface area contributed by atoms with E-state index in [0.29, 0.717) is 52.8 Å². The van der Waals surface area contributed by atoms with E-state index in [9.17, 15) is 0 Å². The fourth-order valence-electron chi connectivity index (χ4n) is 7.89. The van der Waals surface area contributed by atoms with Crippen LogP contribution < -0.4 is 16.0 Å². The molecular weight excluding hydrogens is 961 g/mol. The van der Waals surface area contributed by atoms with E-state index in [1.54, 1.807) is 0 Å². The van der Waals surface area contributed by atoms with Crippen molar-refractivity contribution >= 4 is 34.9 Å². The second-order valence-electron chi connectivity index (χ2n) is 18.1. The Morgan fingerprint density at radius 2 is 0.372 bits per heavy atom. The van der Waals surface area contributed by atoms with E-state index in [4.69, 9.17) is 15.0 Å². The molecule has 0 aliphatic heterocycles. The zero-order chi connectivity index (χ0) is 53.3. The fraction of sp³-hybridized carbons (Fsp3) is 0.0455. The first-order valence-corrected chi connectivity index (χ1v) is 25.5. The van der Waals surface area contributed by atoms with Gasteiger partial charge in [-0.05, 0) is 57.2 Å². The van der Waals surface area contributed by atoms with Crippen molar-refractivity contribution in [2.24, 2.45) is 0 Å². The van der Waals surface area contributed by atoms with Gasteiger partial charge in [-0.25, -0.2) is 29.9 Å². The Balaban J connectivity index is 0.000000133. The summed E-state index contributed by atoms with van der Waals surface area (Å²) in [4.78, 5) is 41.7. The van der Waals surface area contributed by atoms with Crippen molar-refractivity contribution in [3.8, 4) is 68.3 Å². The lowest BCUT2D eigenvalue weighted by Gasteiger charge is -2.11. The molecule has 3 N–H and O–H groups in total. The summed E-state index contributed by atoms with van der Waals surface area (Å²) in [6.45, 7) is 6.23. The Labute approximate surface area is 454 Å². The monoisotopic (exact) mass is 1010 g/mol. The molecule has 0 aliphatic carbocycles. The van der Waals surface area contributed by atoms with Crippen LogP contribution in [0, 0.1) is 20.8 Å². The molecule has 0 fully saturated rings. The third kappa shape index (κ3) is 14.0. The smallest absolute Gasteiger partial charge is 0.233 e. The SMILES string of the molecule is Cc1ccc(-c2nc(-c3ccc(C)cc3)nc(-c3ccc(C)cc3)n2)cc1.c1ccc(-c2nc(-c3ccccc3)nc(-c3ccccc3)n2)cc1.c1ccc(Nc2nc(Nc3ccccc3)nc(Nc3ccccc3)n2)cc1. The van der Waals surface area contributed by atoms with Crippen molar-refractivity contribution in [2.75, 3.05) is 16.0 Å². The Kier molecular flexibility index (Phi) is 16.4. The molecule has 0 bridgehead atoms. The highest BCUT2D eigenvalue weighted by Crippen LogP contribution is 2.28. The summed E-state index contributed by atoms with van der Waals surface area (Å²) >= 11 is 0. The van der Waals surface area contributed by atoms with Crippen molar-refractivity contribution in [1.29, 1.82) is 0 Å². The molecule has 0 saturated heterocycles. The van der Waals surface area contributed by atoms with Crippen LogP contribution in [-0.4, -0.2) is 44.9 Å². The molecule has 12 rings (SSSR count). The van der Waals surface area contributed by atoms with Crippen LogP contribution >= 0.6 is 0 Å².